The molecule has 0 aliphatic heterocycles. The highest BCUT2D eigenvalue weighted by atomic mass is 19.3. The molecule has 0 bridgehead atoms. The first-order valence-electron chi connectivity index (χ1n) is 3.34. The lowest BCUT2D eigenvalue weighted by Gasteiger charge is -2.03. The largest absolute Gasteiger partial charge is 0.506 e. The Morgan fingerprint density at radius 2 is 2.07 bits per heavy atom. The van der Waals surface area contributed by atoms with Gasteiger partial charge >= 0.3 is 5.97 Å². The van der Waals surface area contributed by atoms with Crippen LogP contribution in [0.1, 0.15) is 22.5 Å². The lowest BCUT2D eigenvalue weighted by Crippen LogP contribution is -2.05. The zero-order valence-corrected chi connectivity index (χ0v) is 6.54. The van der Waals surface area contributed by atoms with Crippen molar-refractivity contribution in [1.82, 2.24) is 4.98 Å². The second-order valence-corrected chi connectivity index (χ2v) is 2.34. The molecular weight excluding hydrogens is 203 g/mol. The van der Waals surface area contributed by atoms with E-state index >= 15 is 0 Å². The maximum atomic E-state index is 12.7. The molecule has 0 radical (unpaired) electrons. The van der Waals surface area contributed by atoms with Crippen LogP contribution in [0.2, 0.25) is 0 Å². The predicted molar refractivity (Wildman–Crippen MR) is 37.8 cm³/mol. The molecular formula is C7H4F3NO3. The molecule has 1 rings (SSSR count). The number of carbonyl (C=O) groups is 1. The highest BCUT2D eigenvalue weighted by molar-refractivity contribution is 5.88. The number of alkyl halides is 2. The molecule has 0 saturated carbocycles. The van der Waals surface area contributed by atoms with Crippen molar-refractivity contribution in [1.29, 1.82) is 0 Å². The van der Waals surface area contributed by atoms with Gasteiger partial charge in [-0.15, -0.1) is 0 Å². The molecule has 0 saturated heterocycles. The van der Waals surface area contributed by atoms with E-state index in [0.29, 0.717) is 6.07 Å². The number of nitrogens with zero attached hydrogens (tertiary/aromatic N) is 1. The molecule has 0 aliphatic carbocycles. The maximum Gasteiger partial charge on any atom is 0.340 e. The van der Waals surface area contributed by atoms with Gasteiger partial charge in [-0.1, -0.05) is 0 Å². The number of hydrogen-bond donors (Lipinski definition) is 2. The minimum absolute atomic E-state index is 0.395. The van der Waals surface area contributed by atoms with Gasteiger partial charge in [0, 0.05) is 6.07 Å². The van der Waals surface area contributed by atoms with Crippen molar-refractivity contribution in [3.63, 3.8) is 0 Å². The van der Waals surface area contributed by atoms with Crippen LogP contribution in [0.25, 0.3) is 0 Å². The predicted octanol–water partition coefficient (Wildman–Crippen LogP) is 1.56. The van der Waals surface area contributed by atoms with Gasteiger partial charge in [-0.05, 0) is 0 Å². The summed E-state index contributed by atoms with van der Waals surface area (Å²) in [6.07, 6.45) is -3.16. The molecule has 0 fully saturated rings. The Morgan fingerprint density at radius 1 is 1.50 bits per heavy atom. The monoisotopic (exact) mass is 207 g/mol. The van der Waals surface area contributed by atoms with E-state index in [1.807, 2.05) is 0 Å². The first kappa shape index (κ1) is 10.3. The number of aromatic nitrogens is 1. The average molecular weight is 207 g/mol. The molecule has 0 unspecified atom stereocenters. The molecule has 0 aliphatic rings. The molecule has 0 atom stereocenters. The Hall–Kier alpha value is -1.79. The van der Waals surface area contributed by atoms with Crippen LogP contribution in [-0.4, -0.2) is 21.2 Å². The zero-order valence-electron chi connectivity index (χ0n) is 6.54. The van der Waals surface area contributed by atoms with E-state index in [0.717, 1.165) is 0 Å². The Balaban J connectivity index is 3.31. The third-order valence-corrected chi connectivity index (χ3v) is 1.42. The van der Waals surface area contributed by atoms with Gasteiger partial charge in [0.1, 0.15) is 11.3 Å². The minimum atomic E-state index is -3.16. The van der Waals surface area contributed by atoms with Crippen molar-refractivity contribution >= 4 is 5.97 Å². The van der Waals surface area contributed by atoms with Gasteiger partial charge < -0.3 is 10.2 Å². The SMILES string of the molecule is O=C(O)c1cc(O)c(C(F)F)nc1F. The minimum Gasteiger partial charge on any atom is -0.506 e. The fraction of sp³-hybridized carbons (Fsp3) is 0.143. The van der Waals surface area contributed by atoms with Crippen LogP contribution in [0.3, 0.4) is 0 Å². The molecule has 7 heteroatoms. The van der Waals surface area contributed by atoms with E-state index in [9.17, 15) is 18.0 Å². The van der Waals surface area contributed by atoms with Crippen LogP contribution in [0.5, 0.6) is 5.75 Å². The summed E-state index contributed by atoms with van der Waals surface area (Å²) < 4.78 is 36.7. The van der Waals surface area contributed by atoms with Gasteiger partial charge in [0.05, 0.1) is 0 Å². The summed E-state index contributed by atoms with van der Waals surface area (Å²) in [5.41, 5.74) is -2.13. The quantitative estimate of drug-likeness (QED) is 0.722. The third-order valence-electron chi connectivity index (χ3n) is 1.42. The maximum absolute atomic E-state index is 12.7. The van der Waals surface area contributed by atoms with E-state index in [-0.39, 0.29) is 0 Å². The van der Waals surface area contributed by atoms with Gasteiger partial charge in [-0.3, -0.25) is 0 Å². The van der Waals surface area contributed by atoms with E-state index in [1.54, 1.807) is 0 Å². The van der Waals surface area contributed by atoms with Crippen molar-refractivity contribution in [3.8, 4) is 5.75 Å². The Bertz CT molecular complexity index is 381. The molecule has 1 aromatic heterocycles. The molecule has 14 heavy (non-hydrogen) atoms. The van der Waals surface area contributed by atoms with Crippen molar-refractivity contribution in [2.75, 3.05) is 0 Å². The van der Waals surface area contributed by atoms with Gasteiger partial charge in [0.25, 0.3) is 6.43 Å². The molecule has 0 amide bonds. The summed E-state index contributed by atoms with van der Waals surface area (Å²) in [6.45, 7) is 0. The van der Waals surface area contributed by atoms with Crippen LogP contribution in [0.15, 0.2) is 6.07 Å². The number of carboxylic acids is 1. The first-order valence-corrected chi connectivity index (χ1v) is 3.34. The fourth-order valence-electron chi connectivity index (χ4n) is 0.804. The van der Waals surface area contributed by atoms with Gasteiger partial charge in [-0.2, -0.15) is 4.39 Å². The van der Waals surface area contributed by atoms with E-state index < -0.39 is 35.3 Å². The van der Waals surface area contributed by atoms with E-state index in [1.165, 1.54) is 0 Å². The van der Waals surface area contributed by atoms with Crippen molar-refractivity contribution < 1.29 is 28.2 Å². The Labute approximate surface area is 75.6 Å². The van der Waals surface area contributed by atoms with Crippen LogP contribution in [-0.2, 0) is 0 Å². The standard InChI is InChI=1S/C7H4F3NO3/c8-5(9)4-3(12)1-2(7(13)14)6(10)11-4/h1,5,12H,(H,13,14). The number of aromatic carboxylic acids is 1. The molecule has 2 N–H and O–H groups in total. The molecule has 0 aromatic carbocycles. The van der Waals surface area contributed by atoms with Crippen LogP contribution >= 0.6 is 0 Å². The average Bonchev–Trinajstić information content (AvgIpc) is 2.07. The molecule has 0 spiro atoms. The van der Waals surface area contributed by atoms with Crippen molar-refractivity contribution in [3.05, 3.63) is 23.3 Å². The second kappa shape index (κ2) is 3.52. The van der Waals surface area contributed by atoms with Gasteiger partial charge in [0.15, 0.2) is 5.69 Å². The molecule has 1 aromatic rings. The molecule has 1 heterocycles. The summed E-state index contributed by atoms with van der Waals surface area (Å²) in [4.78, 5) is 12.9. The smallest absolute Gasteiger partial charge is 0.340 e. The van der Waals surface area contributed by atoms with Crippen molar-refractivity contribution in [2.45, 2.75) is 6.43 Å². The third kappa shape index (κ3) is 1.76. The topological polar surface area (TPSA) is 70.4 Å². The number of hydrogen-bond acceptors (Lipinski definition) is 3. The normalized spacial score (nSPS) is 10.6. The van der Waals surface area contributed by atoms with Gasteiger partial charge in [-0.25, -0.2) is 18.6 Å². The summed E-state index contributed by atoms with van der Waals surface area (Å²) >= 11 is 0. The molecule has 4 nitrogen and oxygen atoms in total. The Morgan fingerprint density at radius 3 is 2.50 bits per heavy atom. The number of pyridine rings is 1. The number of carboxylic acid groups (broad SMARTS) is 1. The highest BCUT2D eigenvalue weighted by Gasteiger charge is 2.21. The number of halogens is 3. The summed E-state index contributed by atoms with van der Waals surface area (Å²) in [7, 11) is 0. The number of aromatic hydroxyl groups is 1. The van der Waals surface area contributed by atoms with Crippen LogP contribution in [0, 0.1) is 5.95 Å². The summed E-state index contributed by atoms with van der Waals surface area (Å²) in [5, 5.41) is 17.2. The Kier molecular flexibility index (Phi) is 2.59. The van der Waals surface area contributed by atoms with Crippen LogP contribution in [0.4, 0.5) is 13.2 Å². The fourth-order valence-corrected chi connectivity index (χ4v) is 0.804. The number of rotatable bonds is 2. The zero-order chi connectivity index (χ0) is 10.9. The van der Waals surface area contributed by atoms with Gasteiger partial charge in [0.2, 0.25) is 5.95 Å². The van der Waals surface area contributed by atoms with E-state index in [2.05, 4.69) is 4.98 Å². The summed E-state index contributed by atoms with van der Waals surface area (Å²) in [6, 6.07) is 0.395. The molecule has 76 valence electrons. The lowest BCUT2D eigenvalue weighted by molar-refractivity contribution is 0.0688. The highest BCUT2D eigenvalue weighted by Crippen LogP contribution is 2.27. The van der Waals surface area contributed by atoms with Crippen molar-refractivity contribution in [2.24, 2.45) is 0 Å². The first-order chi connectivity index (χ1) is 6.43. The van der Waals surface area contributed by atoms with Crippen LogP contribution < -0.4 is 0 Å². The van der Waals surface area contributed by atoms with E-state index in [4.69, 9.17) is 10.2 Å². The lowest BCUT2D eigenvalue weighted by atomic mass is 10.2. The summed E-state index contributed by atoms with van der Waals surface area (Å²) in [5.74, 6) is -4.28. The second-order valence-electron chi connectivity index (χ2n) is 2.34.